The van der Waals surface area contributed by atoms with Gasteiger partial charge < -0.3 is 10.1 Å². The molecule has 19 heavy (non-hydrogen) atoms. The van der Waals surface area contributed by atoms with Crippen LogP contribution in [0, 0.1) is 5.41 Å². The lowest BCUT2D eigenvalue weighted by Gasteiger charge is -2.18. The molecular formula is C16H26BrNO. The minimum atomic E-state index is 0.313. The molecule has 0 aliphatic carbocycles. The van der Waals surface area contributed by atoms with Crippen molar-refractivity contribution in [1.29, 1.82) is 0 Å². The fourth-order valence-electron chi connectivity index (χ4n) is 1.56. The number of hydrogen-bond donors (Lipinski definition) is 1. The Kier molecular flexibility index (Phi) is 6.34. The van der Waals surface area contributed by atoms with Crippen LogP contribution in [-0.2, 0) is 6.54 Å². The van der Waals surface area contributed by atoms with Crippen LogP contribution in [0.4, 0.5) is 0 Å². The molecule has 0 radical (unpaired) electrons. The van der Waals surface area contributed by atoms with Crippen molar-refractivity contribution in [3.8, 4) is 5.75 Å². The van der Waals surface area contributed by atoms with Crippen molar-refractivity contribution in [1.82, 2.24) is 5.32 Å². The number of nitrogens with one attached hydrogen (secondary N) is 1. The van der Waals surface area contributed by atoms with Gasteiger partial charge in [-0.3, -0.25) is 0 Å². The summed E-state index contributed by atoms with van der Waals surface area (Å²) in [6.07, 6.45) is 1.05. The molecule has 0 unspecified atom stereocenters. The molecule has 2 nitrogen and oxygen atoms in total. The molecule has 0 aliphatic heterocycles. The number of ether oxygens (including phenoxy) is 1. The average Bonchev–Trinajstić information content (AvgIpc) is 2.27. The van der Waals surface area contributed by atoms with Crippen molar-refractivity contribution in [3.05, 3.63) is 28.2 Å². The summed E-state index contributed by atoms with van der Waals surface area (Å²) in [5.41, 5.74) is 1.58. The topological polar surface area (TPSA) is 21.3 Å². The molecule has 1 aromatic rings. The van der Waals surface area contributed by atoms with E-state index in [0.717, 1.165) is 29.8 Å². The average molecular weight is 328 g/mol. The highest BCUT2D eigenvalue weighted by Gasteiger charge is 2.11. The molecule has 0 amide bonds. The summed E-state index contributed by atoms with van der Waals surface area (Å²) >= 11 is 3.58. The quantitative estimate of drug-likeness (QED) is 0.813. The molecule has 0 fully saturated rings. The van der Waals surface area contributed by atoms with Crippen LogP contribution in [0.15, 0.2) is 22.7 Å². The van der Waals surface area contributed by atoms with E-state index in [1.165, 1.54) is 5.56 Å². The molecule has 0 bridgehead atoms. The van der Waals surface area contributed by atoms with Crippen LogP contribution in [0.2, 0.25) is 0 Å². The van der Waals surface area contributed by atoms with Crippen molar-refractivity contribution in [2.24, 2.45) is 5.41 Å². The second-order valence-electron chi connectivity index (χ2n) is 6.46. The largest absolute Gasteiger partial charge is 0.492 e. The molecule has 1 aromatic carbocycles. The fourth-order valence-corrected chi connectivity index (χ4v) is 2.10. The first-order valence-electron chi connectivity index (χ1n) is 6.92. The van der Waals surface area contributed by atoms with Crippen LogP contribution in [0.5, 0.6) is 5.75 Å². The maximum Gasteiger partial charge on any atom is 0.133 e. The first-order chi connectivity index (χ1) is 8.78. The third-order valence-electron chi connectivity index (χ3n) is 2.82. The molecule has 0 atom stereocenters. The van der Waals surface area contributed by atoms with Crippen LogP contribution in [0.25, 0.3) is 0 Å². The molecule has 0 heterocycles. The highest BCUT2D eigenvalue weighted by molar-refractivity contribution is 9.10. The Labute approximate surface area is 126 Å². The first kappa shape index (κ1) is 16.5. The summed E-state index contributed by atoms with van der Waals surface area (Å²) in [5.74, 6) is 0.928. The Morgan fingerprint density at radius 3 is 2.47 bits per heavy atom. The van der Waals surface area contributed by atoms with Gasteiger partial charge in [0.1, 0.15) is 5.75 Å². The smallest absolute Gasteiger partial charge is 0.133 e. The van der Waals surface area contributed by atoms with Crippen molar-refractivity contribution < 1.29 is 4.74 Å². The van der Waals surface area contributed by atoms with Gasteiger partial charge in [0.05, 0.1) is 11.1 Å². The molecule has 3 heteroatoms. The minimum Gasteiger partial charge on any atom is -0.492 e. The highest BCUT2D eigenvalue weighted by atomic mass is 79.9. The van der Waals surface area contributed by atoms with E-state index in [0.29, 0.717) is 11.5 Å². The monoisotopic (exact) mass is 327 g/mol. The summed E-state index contributed by atoms with van der Waals surface area (Å²) < 4.78 is 6.86. The molecule has 0 aliphatic rings. The van der Waals surface area contributed by atoms with Gasteiger partial charge >= 0.3 is 0 Å². The van der Waals surface area contributed by atoms with Crippen LogP contribution >= 0.6 is 15.9 Å². The summed E-state index contributed by atoms with van der Waals surface area (Å²) in [6.45, 7) is 12.6. The van der Waals surface area contributed by atoms with Gasteiger partial charge in [0, 0.05) is 12.6 Å². The van der Waals surface area contributed by atoms with Crippen molar-refractivity contribution in [3.63, 3.8) is 0 Å². The second-order valence-corrected chi connectivity index (χ2v) is 7.31. The first-order valence-corrected chi connectivity index (χ1v) is 7.72. The Morgan fingerprint density at radius 1 is 1.26 bits per heavy atom. The van der Waals surface area contributed by atoms with Crippen LogP contribution in [0.3, 0.4) is 0 Å². The van der Waals surface area contributed by atoms with E-state index in [1.54, 1.807) is 0 Å². The normalized spacial score (nSPS) is 11.9. The molecule has 0 spiro atoms. The van der Waals surface area contributed by atoms with Gasteiger partial charge in [-0.15, -0.1) is 0 Å². The number of benzene rings is 1. The van der Waals surface area contributed by atoms with Crippen molar-refractivity contribution >= 4 is 15.9 Å². The Bertz CT molecular complexity index is 396. The Balaban J connectivity index is 2.52. The maximum atomic E-state index is 5.83. The van der Waals surface area contributed by atoms with Crippen LogP contribution < -0.4 is 10.1 Å². The molecule has 0 saturated heterocycles. The van der Waals surface area contributed by atoms with Gasteiger partial charge in [-0.25, -0.2) is 0 Å². The molecule has 0 saturated carbocycles. The SMILES string of the molecule is CC(C)NCc1ccc(OCCC(C)(C)C)c(Br)c1. The molecule has 0 aromatic heterocycles. The van der Waals surface area contributed by atoms with E-state index in [2.05, 4.69) is 68.0 Å². The summed E-state index contributed by atoms with van der Waals surface area (Å²) in [5, 5.41) is 3.41. The zero-order valence-corrected chi connectivity index (χ0v) is 14.3. The lowest BCUT2D eigenvalue weighted by atomic mass is 9.93. The van der Waals surface area contributed by atoms with E-state index in [4.69, 9.17) is 4.74 Å². The van der Waals surface area contributed by atoms with E-state index < -0.39 is 0 Å². The molecular weight excluding hydrogens is 302 g/mol. The third kappa shape index (κ3) is 6.98. The molecule has 1 N–H and O–H groups in total. The lowest BCUT2D eigenvalue weighted by molar-refractivity contribution is 0.242. The fraction of sp³-hybridized carbons (Fsp3) is 0.625. The third-order valence-corrected chi connectivity index (χ3v) is 3.44. The number of hydrogen-bond acceptors (Lipinski definition) is 2. The van der Waals surface area contributed by atoms with E-state index in [-0.39, 0.29) is 0 Å². The van der Waals surface area contributed by atoms with E-state index in [9.17, 15) is 0 Å². The zero-order valence-electron chi connectivity index (χ0n) is 12.7. The predicted octanol–water partition coefficient (Wildman–Crippen LogP) is 4.76. The predicted molar refractivity (Wildman–Crippen MR) is 85.7 cm³/mol. The zero-order chi connectivity index (χ0) is 14.5. The summed E-state index contributed by atoms with van der Waals surface area (Å²) in [4.78, 5) is 0. The number of rotatable bonds is 6. The Morgan fingerprint density at radius 2 is 1.95 bits per heavy atom. The van der Waals surface area contributed by atoms with Gasteiger partial charge in [-0.1, -0.05) is 40.7 Å². The van der Waals surface area contributed by atoms with Gasteiger partial charge in [0.25, 0.3) is 0 Å². The number of halogens is 1. The van der Waals surface area contributed by atoms with Gasteiger partial charge in [-0.05, 0) is 45.5 Å². The maximum absolute atomic E-state index is 5.83. The van der Waals surface area contributed by atoms with Crippen molar-refractivity contribution in [2.75, 3.05) is 6.61 Å². The minimum absolute atomic E-state index is 0.313. The summed E-state index contributed by atoms with van der Waals surface area (Å²) in [7, 11) is 0. The van der Waals surface area contributed by atoms with Crippen molar-refractivity contribution in [2.45, 2.75) is 53.6 Å². The van der Waals surface area contributed by atoms with E-state index >= 15 is 0 Å². The van der Waals surface area contributed by atoms with Crippen LogP contribution in [0.1, 0.15) is 46.6 Å². The molecule has 108 valence electrons. The van der Waals surface area contributed by atoms with Crippen LogP contribution in [-0.4, -0.2) is 12.6 Å². The summed E-state index contributed by atoms with van der Waals surface area (Å²) in [6, 6.07) is 6.79. The Hall–Kier alpha value is -0.540. The lowest BCUT2D eigenvalue weighted by Crippen LogP contribution is -2.21. The van der Waals surface area contributed by atoms with Gasteiger partial charge in [-0.2, -0.15) is 0 Å². The van der Waals surface area contributed by atoms with Gasteiger partial charge in [0.2, 0.25) is 0 Å². The molecule has 1 rings (SSSR count). The van der Waals surface area contributed by atoms with Gasteiger partial charge in [0.15, 0.2) is 0 Å². The second kappa shape index (κ2) is 7.30. The standard InChI is InChI=1S/C16H26BrNO/c1-12(2)18-11-13-6-7-15(14(17)10-13)19-9-8-16(3,4)5/h6-7,10,12,18H,8-9,11H2,1-5H3. The highest BCUT2D eigenvalue weighted by Crippen LogP contribution is 2.27. The van der Waals surface area contributed by atoms with E-state index in [1.807, 2.05) is 6.07 Å².